The number of aliphatic hydroxyl groups is 1. The maximum absolute atomic E-state index is 10.0. The molecule has 0 aliphatic carbocycles. The van der Waals surface area contributed by atoms with Gasteiger partial charge < -0.3 is 14.7 Å². The molecule has 0 bridgehead atoms. The van der Waals surface area contributed by atoms with Gasteiger partial charge in [-0.15, -0.1) is 0 Å². The second-order valence-electron chi connectivity index (χ2n) is 5.46. The molecule has 0 amide bonds. The van der Waals surface area contributed by atoms with Crippen molar-refractivity contribution >= 4 is 5.69 Å². The Morgan fingerprint density at radius 2 is 2.26 bits per heavy atom. The van der Waals surface area contributed by atoms with Gasteiger partial charge in [0.2, 0.25) is 0 Å². The Kier molecular flexibility index (Phi) is 4.70. The Bertz CT molecular complexity index is 417. The first kappa shape index (κ1) is 14.2. The average molecular weight is 263 g/mol. The van der Waals surface area contributed by atoms with Crippen molar-refractivity contribution in [3.63, 3.8) is 0 Å². The summed E-state index contributed by atoms with van der Waals surface area (Å²) >= 11 is 0. The minimum Gasteiger partial charge on any atom is -0.496 e. The van der Waals surface area contributed by atoms with Gasteiger partial charge in [-0.3, -0.25) is 0 Å². The minimum atomic E-state index is -0.503. The standard InChI is InChI=1S/C16H25NO2/c1-4-6-13-9-10-17(11-13)14-7-5-8-15(19-3)16(14)12(2)18/h5,7-8,12-13,18H,4,6,9-11H2,1-3H3/t12-,13?/m1/s1. The third-order valence-electron chi connectivity index (χ3n) is 4.00. The number of methoxy groups -OCH3 is 1. The van der Waals surface area contributed by atoms with Crippen LogP contribution in [0.3, 0.4) is 0 Å². The molecule has 1 aliphatic rings. The summed E-state index contributed by atoms with van der Waals surface area (Å²) in [6.07, 6.45) is 3.30. The van der Waals surface area contributed by atoms with Crippen LogP contribution in [0.1, 0.15) is 44.8 Å². The van der Waals surface area contributed by atoms with Gasteiger partial charge in [-0.2, -0.15) is 0 Å². The summed E-state index contributed by atoms with van der Waals surface area (Å²) in [5, 5.41) is 10.0. The van der Waals surface area contributed by atoms with Crippen molar-refractivity contribution < 1.29 is 9.84 Å². The summed E-state index contributed by atoms with van der Waals surface area (Å²) in [6.45, 7) is 6.23. The van der Waals surface area contributed by atoms with Crippen LogP contribution < -0.4 is 9.64 Å². The van der Waals surface area contributed by atoms with Crippen LogP contribution in [0.2, 0.25) is 0 Å². The second kappa shape index (κ2) is 6.29. The second-order valence-corrected chi connectivity index (χ2v) is 5.46. The van der Waals surface area contributed by atoms with Crippen molar-refractivity contribution in [2.24, 2.45) is 5.92 Å². The van der Waals surface area contributed by atoms with Crippen LogP contribution in [0, 0.1) is 5.92 Å². The lowest BCUT2D eigenvalue weighted by molar-refractivity contribution is 0.194. The van der Waals surface area contributed by atoms with E-state index in [0.29, 0.717) is 0 Å². The molecule has 1 N–H and O–H groups in total. The molecule has 2 atom stereocenters. The number of hydrogen-bond acceptors (Lipinski definition) is 3. The summed E-state index contributed by atoms with van der Waals surface area (Å²) < 4.78 is 5.39. The molecule has 2 rings (SSSR count). The van der Waals surface area contributed by atoms with Crippen LogP contribution in [0.15, 0.2) is 18.2 Å². The summed E-state index contributed by atoms with van der Waals surface area (Å²) in [5.74, 6) is 1.57. The van der Waals surface area contributed by atoms with E-state index < -0.39 is 6.10 Å². The number of benzene rings is 1. The molecule has 19 heavy (non-hydrogen) atoms. The fraction of sp³-hybridized carbons (Fsp3) is 0.625. The Labute approximate surface area is 116 Å². The van der Waals surface area contributed by atoms with Crippen molar-refractivity contribution in [3.8, 4) is 5.75 Å². The molecule has 3 nitrogen and oxygen atoms in total. The fourth-order valence-electron chi connectivity index (χ4n) is 3.10. The zero-order chi connectivity index (χ0) is 13.8. The quantitative estimate of drug-likeness (QED) is 0.884. The number of nitrogens with zero attached hydrogens (tertiary/aromatic N) is 1. The van der Waals surface area contributed by atoms with E-state index in [1.54, 1.807) is 14.0 Å². The first-order valence-corrected chi connectivity index (χ1v) is 7.27. The molecule has 1 unspecified atom stereocenters. The van der Waals surface area contributed by atoms with Gasteiger partial charge in [0.25, 0.3) is 0 Å². The van der Waals surface area contributed by atoms with Crippen LogP contribution in [-0.4, -0.2) is 25.3 Å². The van der Waals surface area contributed by atoms with Crippen LogP contribution >= 0.6 is 0 Å². The first-order chi connectivity index (χ1) is 9.17. The molecular weight excluding hydrogens is 238 g/mol. The van der Waals surface area contributed by atoms with Gasteiger partial charge in [0.05, 0.1) is 13.2 Å². The number of anilines is 1. The molecule has 0 saturated carbocycles. The minimum absolute atomic E-state index is 0.503. The highest BCUT2D eigenvalue weighted by atomic mass is 16.5. The van der Waals surface area contributed by atoms with E-state index in [-0.39, 0.29) is 0 Å². The van der Waals surface area contributed by atoms with Crippen molar-refractivity contribution in [1.82, 2.24) is 0 Å². The molecule has 106 valence electrons. The predicted octanol–water partition coefficient (Wildman–Crippen LogP) is 3.37. The van der Waals surface area contributed by atoms with Crippen molar-refractivity contribution in [2.75, 3.05) is 25.1 Å². The Morgan fingerprint density at radius 1 is 1.47 bits per heavy atom. The highest BCUT2D eigenvalue weighted by Crippen LogP contribution is 2.37. The molecule has 1 saturated heterocycles. The van der Waals surface area contributed by atoms with E-state index >= 15 is 0 Å². The number of ether oxygens (including phenoxy) is 1. The zero-order valence-electron chi connectivity index (χ0n) is 12.2. The maximum Gasteiger partial charge on any atom is 0.126 e. The first-order valence-electron chi connectivity index (χ1n) is 7.27. The van der Waals surface area contributed by atoms with Gasteiger partial charge in [0, 0.05) is 24.3 Å². The molecular formula is C16H25NO2. The maximum atomic E-state index is 10.0. The van der Waals surface area contributed by atoms with E-state index in [4.69, 9.17) is 4.74 Å². The van der Waals surface area contributed by atoms with Crippen LogP contribution in [-0.2, 0) is 0 Å². The van der Waals surface area contributed by atoms with Gasteiger partial charge in [-0.25, -0.2) is 0 Å². The molecule has 1 aromatic rings. The molecule has 0 radical (unpaired) electrons. The van der Waals surface area contributed by atoms with E-state index in [2.05, 4.69) is 17.9 Å². The third-order valence-corrected chi connectivity index (χ3v) is 4.00. The molecule has 1 aromatic carbocycles. The average Bonchev–Trinajstić information content (AvgIpc) is 2.86. The van der Waals surface area contributed by atoms with Crippen LogP contribution in [0.25, 0.3) is 0 Å². The number of hydrogen-bond donors (Lipinski definition) is 1. The van der Waals surface area contributed by atoms with Crippen molar-refractivity contribution in [2.45, 2.75) is 39.2 Å². The smallest absolute Gasteiger partial charge is 0.126 e. The summed E-state index contributed by atoms with van der Waals surface area (Å²) in [4.78, 5) is 2.39. The molecule has 0 spiro atoms. The molecule has 1 aliphatic heterocycles. The predicted molar refractivity (Wildman–Crippen MR) is 78.9 cm³/mol. The van der Waals surface area contributed by atoms with Gasteiger partial charge in [0.1, 0.15) is 5.75 Å². The van der Waals surface area contributed by atoms with E-state index in [0.717, 1.165) is 36.0 Å². The largest absolute Gasteiger partial charge is 0.496 e. The highest BCUT2D eigenvalue weighted by molar-refractivity contribution is 5.61. The van der Waals surface area contributed by atoms with Crippen molar-refractivity contribution in [3.05, 3.63) is 23.8 Å². The zero-order valence-corrected chi connectivity index (χ0v) is 12.2. The molecule has 1 heterocycles. The fourth-order valence-corrected chi connectivity index (χ4v) is 3.10. The Balaban J connectivity index is 2.25. The lowest BCUT2D eigenvalue weighted by atomic mass is 10.0. The monoisotopic (exact) mass is 263 g/mol. The van der Waals surface area contributed by atoms with E-state index in [1.165, 1.54) is 19.3 Å². The van der Waals surface area contributed by atoms with Gasteiger partial charge >= 0.3 is 0 Å². The third kappa shape index (κ3) is 3.03. The lowest BCUT2D eigenvalue weighted by Crippen LogP contribution is -2.21. The van der Waals surface area contributed by atoms with Crippen LogP contribution in [0.4, 0.5) is 5.69 Å². The van der Waals surface area contributed by atoms with E-state index in [9.17, 15) is 5.11 Å². The Hall–Kier alpha value is -1.22. The van der Waals surface area contributed by atoms with Gasteiger partial charge in [-0.05, 0) is 37.8 Å². The summed E-state index contributed by atoms with van der Waals surface area (Å²) in [7, 11) is 1.66. The number of aliphatic hydroxyl groups excluding tert-OH is 1. The van der Waals surface area contributed by atoms with Crippen LogP contribution in [0.5, 0.6) is 5.75 Å². The number of rotatable bonds is 5. The normalized spacial score (nSPS) is 20.6. The summed E-state index contributed by atoms with van der Waals surface area (Å²) in [6, 6.07) is 6.03. The van der Waals surface area contributed by atoms with Gasteiger partial charge in [0.15, 0.2) is 0 Å². The SMILES string of the molecule is CCCC1CCN(c2cccc(OC)c2[C@@H](C)O)C1. The highest BCUT2D eigenvalue weighted by Gasteiger charge is 2.25. The molecule has 3 heteroatoms. The van der Waals surface area contributed by atoms with Crippen molar-refractivity contribution in [1.29, 1.82) is 0 Å². The lowest BCUT2D eigenvalue weighted by Gasteiger charge is -2.25. The topological polar surface area (TPSA) is 32.7 Å². The van der Waals surface area contributed by atoms with E-state index in [1.807, 2.05) is 12.1 Å². The van der Waals surface area contributed by atoms with Gasteiger partial charge in [-0.1, -0.05) is 19.4 Å². The molecule has 0 aromatic heterocycles. The molecule has 1 fully saturated rings. The summed E-state index contributed by atoms with van der Waals surface area (Å²) in [5.41, 5.74) is 2.05. The Morgan fingerprint density at radius 3 is 2.89 bits per heavy atom.